The molecule has 1 heterocycles. The van der Waals surface area contributed by atoms with E-state index in [1.165, 1.54) is 29.9 Å². The number of nitrogens with zero attached hydrogens (tertiary/aromatic N) is 2. The van der Waals surface area contributed by atoms with Crippen LogP contribution >= 0.6 is 11.8 Å². The Balaban J connectivity index is 1.54. The van der Waals surface area contributed by atoms with E-state index >= 15 is 0 Å². The maximum atomic E-state index is 4.33. The van der Waals surface area contributed by atoms with Crippen LogP contribution in [0, 0.1) is 12.8 Å². The van der Waals surface area contributed by atoms with E-state index in [0.717, 1.165) is 24.7 Å². The van der Waals surface area contributed by atoms with Crippen LogP contribution in [0.25, 0.3) is 0 Å². The largest absolute Gasteiger partial charge is 0.312 e. The summed E-state index contributed by atoms with van der Waals surface area (Å²) in [4.78, 5) is 0. The molecule has 16 heavy (non-hydrogen) atoms. The number of thioether (sulfide) groups is 1. The Hall–Kier alpha value is -0.480. The Morgan fingerprint density at radius 1 is 1.56 bits per heavy atom. The summed E-state index contributed by atoms with van der Waals surface area (Å²) in [7, 11) is 1.97. The van der Waals surface area contributed by atoms with Gasteiger partial charge in [0.25, 0.3) is 0 Å². The lowest BCUT2D eigenvalue weighted by Crippen LogP contribution is -2.17. The number of aryl methyl sites for hydroxylation is 2. The minimum absolute atomic E-state index is 0.948. The summed E-state index contributed by atoms with van der Waals surface area (Å²) in [5.41, 5.74) is 2.45. The standard InChI is InChI=1S/C12H21N3S/c1-10-12(8-15(2)14-10)7-13-5-6-16-9-11-3-4-11/h8,11,13H,3-7,9H2,1-2H3. The van der Waals surface area contributed by atoms with Gasteiger partial charge in [-0.25, -0.2) is 0 Å². The Kier molecular flexibility index (Phi) is 4.29. The van der Waals surface area contributed by atoms with Gasteiger partial charge in [-0.3, -0.25) is 4.68 Å². The molecular weight excluding hydrogens is 218 g/mol. The molecule has 0 aliphatic heterocycles. The Morgan fingerprint density at radius 2 is 2.38 bits per heavy atom. The predicted octanol–water partition coefficient (Wildman–Crippen LogP) is 1.96. The quantitative estimate of drug-likeness (QED) is 0.738. The van der Waals surface area contributed by atoms with Gasteiger partial charge in [-0.1, -0.05) is 0 Å². The summed E-state index contributed by atoms with van der Waals surface area (Å²) in [6.07, 6.45) is 5.03. The molecule has 0 amide bonds. The van der Waals surface area contributed by atoms with Crippen LogP contribution in [-0.2, 0) is 13.6 Å². The van der Waals surface area contributed by atoms with Crippen LogP contribution in [-0.4, -0.2) is 27.8 Å². The van der Waals surface area contributed by atoms with Crippen LogP contribution in [0.15, 0.2) is 6.20 Å². The Morgan fingerprint density at radius 3 is 3.00 bits per heavy atom. The summed E-state index contributed by atoms with van der Waals surface area (Å²) < 4.78 is 1.88. The van der Waals surface area contributed by atoms with E-state index in [4.69, 9.17) is 0 Å². The average Bonchev–Trinajstić information content (AvgIpc) is 2.99. The third-order valence-corrected chi connectivity index (χ3v) is 4.10. The van der Waals surface area contributed by atoms with E-state index in [1.54, 1.807) is 0 Å². The van der Waals surface area contributed by atoms with Crippen molar-refractivity contribution in [3.05, 3.63) is 17.5 Å². The molecular formula is C12H21N3S. The van der Waals surface area contributed by atoms with Crippen molar-refractivity contribution in [3.8, 4) is 0 Å². The summed E-state index contributed by atoms with van der Waals surface area (Å²) in [6, 6.07) is 0. The Bertz CT molecular complexity index is 331. The van der Waals surface area contributed by atoms with Gasteiger partial charge in [-0.2, -0.15) is 16.9 Å². The molecule has 2 rings (SSSR count). The number of aromatic nitrogens is 2. The lowest BCUT2D eigenvalue weighted by Gasteiger charge is -2.03. The van der Waals surface area contributed by atoms with Crippen LogP contribution in [0.1, 0.15) is 24.1 Å². The van der Waals surface area contributed by atoms with Crippen molar-refractivity contribution in [2.75, 3.05) is 18.1 Å². The molecule has 1 aromatic rings. The number of nitrogens with one attached hydrogen (secondary N) is 1. The minimum Gasteiger partial charge on any atom is -0.312 e. The smallest absolute Gasteiger partial charge is 0.0638 e. The molecule has 1 N–H and O–H groups in total. The van der Waals surface area contributed by atoms with E-state index in [-0.39, 0.29) is 0 Å². The lowest BCUT2D eigenvalue weighted by atomic mass is 10.3. The van der Waals surface area contributed by atoms with Gasteiger partial charge < -0.3 is 5.32 Å². The number of hydrogen-bond acceptors (Lipinski definition) is 3. The van der Waals surface area contributed by atoms with E-state index in [2.05, 4.69) is 35.3 Å². The topological polar surface area (TPSA) is 29.9 Å². The van der Waals surface area contributed by atoms with Crippen molar-refractivity contribution in [2.45, 2.75) is 26.3 Å². The van der Waals surface area contributed by atoms with Gasteiger partial charge in [0.2, 0.25) is 0 Å². The summed E-state index contributed by atoms with van der Waals surface area (Å²) in [6.45, 7) is 4.12. The van der Waals surface area contributed by atoms with Crippen molar-refractivity contribution in [3.63, 3.8) is 0 Å². The van der Waals surface area contributed by atoms with Crippen LogP contribution < -0.4 is 5.32 Å². The predicted molar refractivity (Wildman–Crippen MR) is 69.7 cm³/mol. The van der Waals surface area contributed by atoms with E-state index in [9.17, 15) is 0 Å². The maximum Gasteiger partial charge on any atom is 0.0638 e. The highest BCUT2D eigenvalue weighted by molar-refractivity contribution is 7.99. The fraction of sp³-hybridized carbons (Fsp3) is 0.750. The van der Waals surface area contributed by atoms with E-state index in [0.29, 0.717) is 0 Å². The van der Waals surface area contributed by atoms with Gasteiger partial charge in [-0.15, -0.1) is 0 Å². The second-order valence-corrected chi connectivity index (χ2v) is 5.76. The fourth-order valence-electron chi connectivity index (χ4n) is 1.72. The van der Waals surface area contributed by atoms with Crippen molar-refractivity contribution in [1.29, 1.82) is 0 Å². The van der Waals surface area contributed by atoms with Crippen molar-refractivity contribution in [1.82, 2.24) is 15.1 Å². The second-order valence-electron chi connectivity index (χ2n) is 4.61. The third kappa shape index (κ3) is 3.83. The average molecular weight is 239 g/mol. The van der Waals surface area contributed by atoms with Crippen molar-refractivity contribution in [2.24, 2.45) is 13.0 Å². The highest BCUT2D eigenvalue weighted by Gasteiger charge is 2.20. The molecule has 4 heteroatoms. The molecule has 3 nitrogen and oxygen atoms in total. The Labute approximate surface area is 102 Å². The van der Waals surface area contributed by atoms with Gasteiger partial charge >= 0.3 is 0 Å². The first kappa shape index (κ1) is 12.0. The van der Waals surface area contributed by atoms with Crippen LogP contribution in [0.5, 0.6) is 0 Å². The number of hydrogen-bond donors (Lipinski definition) is 1. The minimum atomic E-state index is 0.948. The SMILES string of the molecule is Cc1nn(C)cc1CNCCSCC1CC1. The zero-order valence-electron chi connectivity index (χ0n) is 10.2. The molecule has 0 saturated heterocycles. The highest BCUT2D eigenvalue weighted by Crippen LogP contribution is 2.32. The molecule has 0 bridgehead atoms. The molecule has 1 aromatic heterocycles. The molecule has 0 atom stereocenters. The highest BCUT2D eigenvalue weighted by atomic mass is 32.2. The molecule has 1 saturated carbocycles. The monoisotopic (exact) mass is 239 g/mol. The zero-order chi connectivity index (χ0) is 11.4. The van der Waals surface area contributed by atoms with Crippen LogP contribution in [0.3, 0.4) is 0 Å². The first-order valence-corrected chi connectivity index (χ1v) is 7.19. The van der Waals surface area contributed by atoms with Gasteiger partial charge in [0.1, 0.15) is 0 Å². The van der Waals surface area contributed by atoms with E-state index < -0.39 is 0 Å². The van der Waals surface area contributed by atoms with Gasteiger partial charge in [0, 0.05) is 37.7 Å². The summed E-state index contributed by atoms with van der Waals surface area (Å²) >= 11 is 2.09. The maximum absolute atomic E-state index is 4.33. The fourth-order valence-corrected chi connectivity index (χ4v) is 2.85. The van der Waals surface area contributed by atoms with E-state index in [1.807, 2.05) is 11.7 Å². The molecule has 0 unspecified atom stereocenters. The van der Waals surface area contributed by atoms with Gasteiger partial charge in [-0.05, 0) is 31.4 Å². The molecule has 1 fully saturated rings. The third-order valence-electron chi connectivity index (χ3n) is 2.90. The normalized spacial score (nSPS) is 15.6. The first-order valence-electron chi connectivity index (χ1n) is 6.03. The summed E-state index contributed by atoms with van der Waals surface area (Å²) in [5, 5.41) is 7.80. The van der Waals surface area contributed by atoms with Crippen molar-refractivity contribution < 1.29 is 0 Å². The molecule has 0 aromatic carbocycles. The van der Waals surface area contributed by atoms with Crippen LogP contribution in [0.2, 0.25) is 0 Å². The molecule has 1 aliphatic carbocycles. The van der Waals surface area contributed by atoms with Gasteiger partial charge in [0.15, 0.2) is 0 Å². The second kappa shape index (κ2) is 5.73. The molecule has 1 aliphatic rings. The van der Waals surface area contributed by atoms with Crippen molar-refractivity contribution >= 4 is 11.8 Å². The molecule has 0 radical (unpaired) electrons. The van der Waals surface area contributed by atoms with Gasteiger partial charge in [0.05, 0.1) is 5.69 Å². The number of rotatable bonds is 7. The first-order chi connectivity index (χ1) is 7.75. The zero-order valence-corrected chi connectivity index (χ0v) is 11.0. The molecule has 0 spiro atoms. The summed E-state index contributed by atoms with van der Waals surface area (Å²) in [5.74, 6) is 3.65. The molecule has 90 valence electrons. The van der Waals surface area contributed by atoms with Crippen LogP contribution in [0.4, 0.5) is 0 Å². The lowest BCUT2D eigenvalue weighted by molar-refractivity contribution is 0.727.